The summed E-state index contributed by atoms with van der Waals surface area (Å²) in [5.41, 5.74) is 7.35. The highest BCUT2D eigenvalue weighted by Gasteiger charge is 2.13. The van der Waals surface area contributed by atoms with Crippen molar-refractivity contribution < 1.29 is 13.9 Å². The van der Waals surface area contributed by atoms with Gasteiger partial charge in [-0.25, -0.2) is 0 Å². The van der Waals surface area contributed by atoms with Crippen LogP contribution in [0, 0.1) is 0 Å². The number of amides is 1. The Morgan fingerprint density at radius 3 is 2.80 bits per heavy atom. The monoisotopic (exact) mass is 270 g/mol. The molecular formula is C15H14N2O3. The Labute approximate surface area is 115 Å². The minimum absolute atomic E-state index is 0.0820. The van der Waals surface area contributed by atoms with Crippen LogP contribution in [-0.2, 0) is 4.79 Å². The largest absolute Gasteiger partial charge is 0.495 e. The van der Waals surface area contributed by atoms with Crippen LogP contribution in [0.25, 0.3) is 21.9 Å². The molecule has 0 bridgehead atoms. The van der Waals surface area contributed by atoms with E-state index in [0.717, 1.165) is 16.4 Å². The summed E-state index contributed by atoms with van der Waals surface area (Å²) in [5.74, 6) is 0.296. The second-order valence-corrected chi connectivity index (χ2v) is 4.40. The second-order valence-electron chi connectivity index (χ2n) is 4.40. The Balaban J connectivity index is 2.21. The third-order valence-corrected chi connectivity index (χ3v) is 3.16. The Hall–Kier alpha value is -2.53. The number of methoxy groups -OCH3 is 1. The molecule has 102 valence electrons. The highest BCUT2D eigenvalue weighted by atomic mass is 16.5. The van der Waals surface area contributed by atoms with E-state index in [1.165, 1.54) is 0 Å². The van der Waals surface area contributed by atoms with Gasteiger partial charge in [0, 0.05) is 16.8 Å². The zero-order valence-electron chi connectivity index (χ0n) is 11.0. The summed E-state index contributed by atoms with van der Waals surface area (Å²) in [6.45, 7) is -0.0820. The average Bonchev–Trinajstić information content (AvgIpc) is 2.83. The molecule has 1 heterocycles. The second kappa shape index (κ2) is 4.86. The molecule has 3 rings (SSSR count). The first-order chi connectivity index (χ1) is 9.72. The molecule has 0 atom stereocenters. The molecular weight excluding hydrogens is 256 g/mol. The van der Waals surface area contributed by atoms with Crippen molar-refractivity contribution in [1.82, 2.24) is 0 Å². The lowest BCUT2D eigenvalue weighted by molar-refractivity contribution is -0.114. The van der Waals surface area contributed by atoms with Crippen LogP contribution in [0.2, 0.25) is 0 Å². The van der Waals surface area contributed by atoms with Gasteiger partial charge >= 0.3 is 0 Å². The molecule has 0 saturated carbocycles. The number of anilines is 1. The number of furan rings is 1. The number of nitrogens with one attached hydrogen (secondary N) is 1. The van der Waals surface area contributed by atoms with Crippen molar-refractivity contribution in [3.63, 3.8) is 0 Å². The number of para-hydroxylation sites is 1. The number of rotatable bonds is 3. The van der Waals surface area contributed by atoms with E-state index in [-0.39, 0.29) is 12.5 Å². The molecule has 20 heavy (non-hydrogen) atoms. The number of nitrogens with two attached hydrogens (primary N) is 1. The van der Waals surface area contributed by atoms with Gasteiger partial charge in [-0.1, -0.05) is 18.2 Å². The van der Waals surface area contributed by atoms with Gasteiger partial charge in [0.15, 0.2) is 0 Å². The number of fused-ring (bicyclic) bond motifs is 3. The van der Waals surface area contributed by atoms with Crippen molar-refractivity contribution in [2.24, 2.45) is 5.73 Å². The summed E-state index contributed by atoms with van der Waals surface area (Å²) in [6.07, 6.45) is 0. The van der Waals surface area contributed by atoms with Gasteiger partial charge in [-0.05, 0) is 12.1 Å². The maximum atomic E-state index is 11.4. The van der Waals surface area contributed by atoms with Crippen molar-refractivity contribution in [2.75, 3.05) is 19.0 Å². The van der Waals surface area contributed by atoms with Gasteiger partial charge in [0.05, 0.1) is 19.3 Å². The topological polar surface area (TPSA) is 77.5 Å². The van der Waals surface area contributed by atoms with E-state index in [1.54, 1.807) is 13.2 Å². The molecule has 5 heteroatoms. The lowest BCUT2D eigenvalue weighted by atomic mass is 10.1. The lowest BCUT2D eigenvalue weighted by Crippen LogP contribution is -2.22. The maximum Gasteiger partial charge on any atom is 0.238 e. The molecule has 5 nitrogen and oxygen atoms in total. The fraction of sp³-hybridized carbons (Fsp3) is 0.133. The number of hydrogen-bond acceptors (Lipinski definition) is 4. The van der Waals surface area contributed by atoms with Gasteiger partial charge in [-0.15, -0.1) is 0 Å². The highest BCUT2D eigenvalue weighted by molar-refractivity contribution is 6.07. The van der Waals surface area contributed by atoms with Crippen LogP contribution >= 0.6 is 0 Å². The zero-order chi connectivity index (χ0) is 14.1. The van der Waals surface area contributed by atoms with E-state index in [4.69, 9.17) is 14.9 Å². The highest BCUT2D eigenvalue weighted by Crippen LogP contribution is 2.36. The standard InChI is InChI=1S/C15H14N2O3/c1-19-14-6-10-9-4-2-3-5-12(9)20-13(10)7-11(14)17-15(18)8-16/h2-7H,8,16H2,1H3,(H,17,18). The minimum atomic E-state index is -0.279. The van der Waals surface area contributed by atoms with Crippen molar-refractivity contribution in [3.8, 4) is 5.75 Å². The van der Waals surface area contributed by atoms with E-state index in [9.17, 15) is 4.79 Å². The van der Waals surface area contributed by atoms with Crippen molar-refractivity contribution in [2.45, 2.75) is 0 Å². The van der Waals surface area contributed by atoms with Gasteiger partial charge in [0.25, 0.3) is 0 Å². The van der Waals surface area contributed by atoms with Crippen LogP contribution in [0.3, 0.4) is 0 Å². The molecule has 0 spiro atoms. The van der Waals surface area contributed by atoms with E-state index < -0.39 is 0 Å². The summed E-state index contributed by atoms with van der Waals surface area (Å²) in [4.78, 5) is 11.4. The zero-order valence-corrected chi connectivity index (χ0v) is 11.0. The predicted molar refractivity (Wildman–Crippen MR) is 78.0 cm³/mol. The quantitative estimate of drug-likeness (QED) is 0.766. The van der Waals surface area contributed by atoms with E-state index >= 15 is 0 Å². The van der Waals surface area contributed by atoms with Gasteiger partial charge in [0.2, 0.25) is 5.91 Å². The number of ether oxygens (including phenoxy) is 1. The van der Waals surface area contributed by atoms with Crippen molar-refractivity contribution in [1.29, 1.82) is 0 Å². The number of benzene rings is 2. The van der Waals surface area contributed by atoms with Crippen molar-refractivity contribution in [3.05, 3.63) is 36.4 Å². The Kier molecular flexibility index (Phi) is 3.04. The molecule has 0 radical (unpaired) electrons. The SMILES string of the molecule is COc1cc2c(cc1NC(=O)CN)oc1ccccc12. The fourth-order valence-electron chi connectivity index (χ4n) is 2.22. The molecule has 2 aromatic carbocycles. The molecule has 1 amide bonds. The molecule has 0 aliphatic rings. The van der Waals surface area contributed by atoms with E-state index in [1.807, 2.05) is 30.3 Å². The Morgan fingerprint density at radius 1 is 1.25 bits per heavy atom. The Bertz CT molecular complexity index is 792. The molecule has 3 aromatic rings. The first-order valence-electron chi connectivity index (χ1n) is 6.22. The summed E-state index contributed by atoms with van der Waals surface area (Å²) >= 11 is 0. The van der Waals surface area contributed by atoms with E-state index in [2.05, 4.69) is 5.32 Å². The third-order valence-electron chi connectivity index (χ3n) is 3.16. The predicted octanol–water partition coefficient (Wildman–Crippen LogP) is 2.49. The van der Waals surface area contributed by atoms with Crippen LogP contribution in [0.15, 0.2) is 40.8 Å². The molecule has 1 aromatic heterocycles. The van der Waals surface area contributed by atoms with E-state index in [0.29, 0.717) is 17.0 Å². The minimum Gasteiger partial charge on any atom is -0.495 e. The number of hydrogen-bond donors (Lipinski definition) is 2. The molecule has 0 saturated heterocycles. The molecule has 0 unspecified atom stereocenters. The lowest BCUT2D eigenvalue weighted by Gasteiger charge is -2.09. The summed E-state index contributed by atoms with van der Waals surface area (Å²) < 4.78 is 11.1. The maximum absolute atomic E-state index is 11.4. The van der Waals surface area contributed by atoms with Gasteiger partial charge in [0.1, 0.15) is 16.9 Å². The first kappa shape index (κ1) is 12.5. The van der Waals surface area contributed by atoms with Crippen LogP contribution in [0.4, 0.5) is 5.69 Å². The number of carbonyl (C=O) groups excluding carboxylic acids is 1. The molecule has 0 fully saturated rings. The van der Waals surface area contributed by atoms with Gasteiger partial charge in [-0.3, -0.25) is 4.79 Å². The molecule has 0 aliphatic heterocycles. The molecule has 0 aliphatic carbocycles. The fourth-order valence-corrected chi connectivity index (χ4v) is 2.22. The van der Waals surface area contributed by atoms with Crippen molar-refractivity contribution >= 4 is 33.5 Å². The first-order valence-corrected chi connectivity index (χ1v) is 6.22. The summed E-state index contributed by atoms with van der Waals surface area (Å²) in [7, 11) is 1.56. The smallest absolute Gasteiger partial charge is 0.238 e. The average molecular weight is 270 g/mol. The van der Waals surface area contributed by atoms with Gasteiger partial charge < -0.3 is 20.2 Å². The molecule has 3 N–H and O–H groups in total. The normalized spacial score (nSPS) is 10.9. The third kappa shape index (κ3) is 1.98. The Morgan fingerprint density at radius 2 is 2.05 bits per heavy atom. The summed E-state index contributed by atoms with van der Waals surface area (Å²) in [6, 6.07) is 11.4. The summed E-state index contributed by atoms with van der Waals surface area (Å²) in [5, 5.41) is 4.66. The van der Waals surface area contributed by atoms with Crippen LogP contribution in [0.5, 0.6) is 5.75 Å². The van der Waals surface area contributed by atoms with Crippen LogP contribution in [0.1, 0.15) is 0 Å². The number of carbonyl (C=O) groups is 1. The van der Waals surface area contributed by atoms with Crippen LogP contribution in [-0.4, -0.2) is 19.6 Å². The van der Waals surface area contributed by atoms with Gasteiger partial charge in [-0.2, -0.15) is 0 Å². The van der Waals surface area contributed by atoms with Crippen LogP contribution < -0.4 is 15.8 Å².